The van der Waals surface area contributed by atoms with Gasteiger partial charge < -0.3 is 10.1 Å². The zero-order valence-electron chi connectivity index (χ0n) is 13.2. The van der Waals surface area contributed by atoms with Crippen LogP contribution in [0, 0.1) is 0 Å². The number of rotatable bonds is 3. The molecule has 22 heavy (non-hydrogen) atoms. The third-order valence-corrected chi connectivity index (χ3v) is 3.18. The first-order valence-corrected chi connectivity index (χ1v) is 7.09. The molecule has 0 fully saturated rings. The highest BCUT2D eigenvalue weighted by Crippen LogP contribution is 2.24. The summed E-state index contributed by atoms with van der Waals surface area (Å²) in [7, 11) is 1.65. The number of nitrogens with one attached hydrogen (secondary N) is 1. The van der Waals surface area contributed by atoms with Crippen LogP contribution in [0.25, 0.3) is 16.7 Å². The topological polar surface area (TPSA) is 64.9 Å². The Kier molecular flexibility index (Phi) is 3.44. The van der Waals surface area contributed by atoms with E-state index in [1.54, 1.807) is 24.3 Å². The van der Waals surface area contributed by atoms with E-state index < -0.39 is 0 Å². The fourth-order valence-corrected chi connectivity index (χ4v) is 2.21. The third kappa shape index (κ3) is 2.72. The lowest BCUT2D eigenvalue weighted by molar-refractivity contribution is 0.414. The number of hydrogen-bond donors (Lipinski definition) is 1. The molecule has 6 nitrogen and oxygen atoms in total. The molecule has 2 aromatic heterocycles. The summed E-state index contributed by atoms with van der Waals surface area (Å²) in [4.78, 5) is 8.70. The molecule has 3 rings (SSSR count). The summed E-state index contributed by atoms with van der Waals surface area (Å²) in [5, 5.41) is 8.72. The van der Waals surface area contributed by atoms with Crippen LogP contribution in [0.4, 0.5) is 5.82 Å². The van der Waals surface area contributed by atoms with Crippen molar-refractivity contribution >= 4 is 16.9 Å². The van der Waals surface area contributed by atoms with Gasteiger partial charge in [0.25, 0.3) is 0 Å². The first-order chi connectivity index (χ1) is 10.5. The highest BCUT2D eigenvalue weighted by Gasteiger charge is 2.16. The Bertz CT molecular complexity index is 786. The molecule has 3 aromatic rings. The summed E-state index contributed by atoms with van der Waals surface area (Å²) in [5.41, 5.74) is 1.62. The van der Waals surface area contributed by atoms with Crippen LogP contribution >= 0.6 is 0 Å². The van der Waals surface area contributed by atoms with Crippen LogP contribution in [0.2, 0.25) is 0 Å². The zero-order chi connectivity index (χ0) is 15.7. The van der Waals surface area contributed by atoms with E-state index in [0.29, 0.717) is 0 Å². The predicted molar refractivity (Wildman–Crippen MR) is 86.6 cm³/mol. The van der Waals surface area contributed by atoms with Gasteiger partial charge in [-0.15, -0.1) is 0 Å². The van der Waals surface area contributed by atoms with Crippen molar-refractivity contribution in [2.24, 2.45) is 0 Å². The van der Waals surface area contributed by atoms with E-state index in [0.717, 1.165) is 28.3 Å². The highest BCUT2D eigenvalue weighted by atomic mass is 16.5. The molecule has 0 atom stereocenters. The predicted octanol–water partition coefficient (Wildman–Crippen LogP) is 3.03. The minimum Gasteiger partial charge on any atom is -0.497 e. The van der Waals surface area contributed by atoms with Gasteiger partial charge in [-0.1, -0.05) is 0 Å². The smallest absolute Gasteiger partial charge is 0.168 e. The molecule has 6 heteroatoms. The molecular formula is C16H19N5O. The summed E-state index contributed by atoms with van der Waals surface area (Å²) in [6.07, 6.45) is 3.34. The lowest BCUT2D eigenvalue weighted by Gasteiger charge is -2.21. The van der Waals surface area contributed by atoms with E-state index in [9.17, 15) is 0 Å². The zero-order valence-corrected chi connectivity index (χ0v) is 13.2. The summed E-state index contributed by atoms with van der Waals surface area (Å²) < 4.78 is 6.98. The Labute approximate surface area is 129 Å². The number of nitrogens with zero attached hydrogens (tertiary/aromatic N) is 4. The van der Waals surface area contributed by atoms with Crippen LogP contribution < -0.4 is 10.1 Å². The van der Waals surface area contributed by atoms with Crippen molar-refractivity contribution in [1.82, 2.24) is 19.7 Å². The first kappa shape index (κ1) is 14.3. The van der Waals surface area contributed by atoms with Crippen molar-refractivity contribution in [2.45, 2.75) is 26.3 Å². The average Bonchev–Trinajstić information content (AvgIpc) is 2.91. The Morgan fingerprint density at radius 3 is 2.45 bits per heavy atom. The van der Waals surface area contributed by atoms with Crippen LogP contribution in [-0.2, 0) is 0 Å². The van der Waals surface area contributed by atoms with Crippen molar-refractivity contribution in [3.05, 3.63) is 36.8 Å². The normalized spacial score (nSPS) is 11.6. The van der Waals surface area contributed by atoms with Crippen LogP contribution in [0.3, 0.4) is 0 Å². The standard InChI is InChI=1S/C16H19N5O/c1-16(2,3)20-14-13-9-19-21(15(13)18-10-17-14)11-5-7-12(22-4)8-6-11/h5-10H,1-4H3,(H,17,18,20). The van der Waals surface area contributed by atoms with E-state index in [1.807, 2.05) is 24.3 Å². The molecular weight excluding hydrogens is 278 g/mol. The molecule has 0 bridgehead atoms. The number of anilines is 1. The summed E-state index contributed by atoms with van der Waals surface area (Å²) in [6.45, 7) is 6.28. The van der Waals surface area contributed by atoms with E-state index in [4.69, 9.17) is 4.74 Å². The second kappa shape index (κ2) is 5.29. The minimum atomic E-state index is -0.0799. The van der Waals surface area contributed by atoms with E-state index in [-0.39, 0.29) is 5.54 Å². The number of ether oxygens (including phenoxy) is 1. The summed E-state index contributed by atoms with van der Waals surface area (Å²) in [6, 6.07) is 7.70. The maximum absolute atomic E-state index is 5.18. The molecule has 0 aliphatic rings. The van der Waals surface area contributed by atoms with Crippen molar-refractivity contribution in [3.63, 3.8) is 0 Å². The van der Waals surface area contributed by atoms with Crippen molar-refractivity contribution < 1.29 is 4.74 Å². The molecule has 1 aromatic carbocycles. The van der Waals surface area contributed by atoms with Gasteiger partial charge in [-0.3, -0.25) is 0 Å². The second-order valence-corrected chi connectivity index (χ2v) is 6.09. The molecule has 0 amide bonds. The SMILES string of the molecule is COc1ccc(-n2ncc3c(NC(C)(C)C)ncnc32)cc1. The highest BCUT2D eigenvalue weighted by molar-refractivity contribution is 5.87. The van der Waals surface area contributed by atoms with Crippen LogP contribution in [-0.4, -0.2) is 32.4 Å². The summed E-state index contributed by atoms with van der Waals surface area (Å²) >= 11 is 0. The van der Waals surface area contributed by atoms with Crippen molar-refractivity contribution in [2.75, 3.05) is 12.4 Å². The molecule has 0 aliphatic heterocycles. The second-order valence-electron chi connectivity index (χ2n) is 6.09. The molecule has 1 N–H and O–H groups in total. The average molecular weight is 297 g/mol. The maximum atomic E-state index is 5.18. The van der Waals surface area contributed by atoms with Gasteiger partial charge in [0.05, 0.1) is 24.4 Å². The summed E-state index contributed by atoms with van der Waals surface area (Å²) in [5.74, 6) is 1.60. The molecule has 0 saturated heterocycles. The molecule has 0 spiro atoms. The van der Waals surface area contributed by atoms with E-state index >= 15 is 0 Å². The number of aromatic nitrogens is 4. The van der Waals surface area contributed by atoms with Gasteiger partial charge >= 0.3 is 0 Å². The lowest BCUT2D eigenvalue weighted by atomic mass is 10.1. The van der Waals surface area contributed by atoms with E-state index in [2.05, 4.69) is 41.2 Å². The Hall–Kier alpha value is -2.63. The molecule has 0 radical (unpaired) electrons. The lowest BCUT2D eigenvalue weighted by Crippen LogP contribution is -2.26. The van der Waals surface area contributed by atoms with Gasteiger partial charge in [0, 0.05) is 5.54 Å². The monoisotopic (exact) mass is 297 g/mol. The van der Waals surface area contributed by atoms with Gasteiger partial charge in [0.2, 0.25) is 0 Å². The van der Waals surface area contributed by atoms with Gasteiger partial charge in [-0.05, 0) is 45.0 Å². The largest absolute Gasteiger partial charge is 0.497 e. The molecule has 0 aliphatic carbocycles. The molecule has 0 unspecified atom stereocenters. The van der Waals surface area contributed by atoms with Crippen LogP contribution in [0.15, 0.2) is 36.8 Å². The number of hydrogen-bond acceptors (Lipinski definition) is 5. The number of methoxy groups -OCH3 is 1. The fraction of sp³-hybridized carbons (Fsp3) is 0.312. The Balaban J connectivity index is 2.06. The Morgan fingerprint density at radius 1 is 1.09 bits per heavy atom. The number of benzene rings is 1. The van der Waals surface area contributed by atoms with E-state index in [1.165, 1.54) is 0 Å². The Morgan fingerprint density at radius 2 is 1.82 bits per heavy atom. The molecule has 0 saturated carbocycles. The molecule has 2 heterocycles. The minimum absolute atomic E-state index is 0.0799. The fourth-order valence-electron chi connectivity index (χ4n) is 2.21. The van der Waals surface area contributed by atoms with Crippen molar-refractivity contribution in [1.29, 1.82) is 0 Å². The van der Waals surface area contributed by atoms with Gasteiger partial charge in [0.15, 0.2) is 5.65 Å². The number of fused-ring (bicyclic) bond motifs is 1. The molecule has 114 valence electrons. The quantitative estimate of drug-likeness (QED) is 0.805. The maximum Gasteiger partial charge on any atom is 0.168 e. The van der Waals surface area contributed by atoms with Gasteiger partial charge in [-0.2, -0.15) is 5.10 Å². The van der Waals surface area contributed by atoms with Gasteiger partial charge in [0.1, 0.15) is 17.9 Å². The van der Waals surface area contributed by atoms with Crippen molar-refractivity contribution in [3.8, 4) is 11.4 Å². The first-order valence-electron chi connectivity index (χ1n) is 7.09. The third-order valence-electron chi connectivity index (χ3n) is 3.18. The van der Waals surface area contributed by atoms with Gasteiger partial charge in [-0.25, -0.2) is 14.6 Å². The van der Waals surface area contributed by atoms with Crippen LogP contribution in [0.1, 0.15) is 20.8 Å². The van der Waals surface area contributed by atoms with Crippen LogP contribution in [0.5, 0.6) is 5.75 Å².